The molecule has 22 heavy (non-hydrogen) atoms. The van der Waals surface area contributed by atoms with E-state index >= 15 is 0 Å². The zero-order valence-electron chi connectivity index (χ0n) is 12.9. The van der Waals surface area contributed by atoms with Crippen molar-refractivity contribution in [2.24, 2.45) is 0 Å². The number of rotatable bonds is 8. The molecule has 8 heteroatoms. The van der Waals surface area contributed by atoms with Gasteiger partial charge in [0.2, 0.25) is 5.91 Å². The van der Waals surface area contributed by atoms with Crippen LogP contribution in [0.15, 0.2) is 0 Å². The molecule has 0 aromatic heterocycles. The van der Waals surface area contributed by atoms with Crippen LogP contribution in [-0.2, 0) is 19.1 Å². The van der Waals surface area contributed by atoms with Crippen LogP contribution in [0.3, 0.4) is 0 Å². The van der Waals surface area contributed by atoms with E-state index < -0.39 is 36.6 Å². The fourth-order valence-electron chi connectivity index (χ4n) is 2.17. The summed E-state index contributed by atoms with van der Waals surface area (Å²) in [5.41, 5.74) is 0. The molecular formula is C14H25NO7. The number of hydrogen-bond acceptors (Lipinski definition) is 7. The van der Waals surface area contributed by atoms with Gasteiger partial charge in [0.1, 0.15) is 11.9 Å². The van der Waals surface area contributed by atoms with Gasteiger partial charge in [0, 0.05) is 19.4 Å². The van der Waals surface area contributed by atoms with E-state index in [1.807, 2.05) is 0 Å². The maximum Gasteiger partial charge on any atom is 0.227 e. The number of Topliss-reactive ketones (excluding diaryl/α,β-unsaturated/α-hetero) is 1. The SMILES string of the molecule is CC(CC(=O)CC(=O)NCCO)OC1OC(C)C(O)CC1O. The van der Waals surface area contributed by atoms with Gasteiger partial charge < -0.3 is 30.1 Å². The molecule has 0 aromatic carbocycles. The molecule has 1 amide bonds. The Kier molecular flexibility index (Phi) is 7.91. The molecule has 8 nitrogen and oxygen atoms in total. The van der Waals surface area contributed by atoms with Crippen molar-refractivity contribution in [3.8, 4) is 0 Å². The zero-order valence-corrected chi connectivity index (χ0v) is 12.9. The van der Waals surface area contributed by atoms with E-state index in [-0.39, 0.29) is 38.2 Å². The van der Waals surface area contributed by atoms with Crippen molar-refractivity contribution in [2.45, 2.75) is 63.8 Å². The number of hydrogen-bond donors (Lipinski definition) is 4. The summed E-state index contributed by atoms with van der Waals surface area (Å²) >= 11 is 0. The highest BCUT2D eigenvalue weighted by atomic mass is 16.7. The van der Waals surface area contributed by atoms with Crippen molar-refractivity contribution in [1.82, 2.24) is 5.32 Å². The zero-order chi connectivity index (χ0) is 16.7. The standard InChI is InChI=1S/C14H25NO7/c1-8(5-10(17)6-13(20)15-3-4-16)21-14-12(19)7-11(18)9(2)22-14/h8-9,11-12,14,16,18-19H,3-7H2,1-2H3,(H,15,20). The molecule has 1 aliphatic rings. The molecule has 5 unspecified atom stereocenters. The Morgan fingerprint density at radius 1 is 1.36 bits per heavy atom. The first kappa shape index (κ1) is 19.0. The highest BCUT2D eigenvalue weighted by Gasteiger charge is 2.35. The van der Waals surface area contributed by atoms with E-state index in [0.717, 1.165) is 0 Å². The second-order valence-corrected chi connectivity index (χ2v) is 5.52. The van der Waals surface area contributed by atoms with E-state index in [1.54, 1.807) is 13.8 Å². The Labute approximate surface area is 129 Å². The van der Waals surface area contributed by atoms with Crippen LogP contribution in [0.5, 0.6) is 0 Å². The van der Waals surface area contributed by atoms with Crippen molar-refractivity contribution >= 4 is 11.7 Å². The normalized spacial score (nSPS) is 29.9. The Morgan fingerprint density at radius 3 is 2.68 bits per heavy atom. The molecule has 1 heterocycles. The minimum atomic E-state index is -0.961. The van der Waals surface area contributed by atoms with Crippen LogP contribution in [0, 0.1) is 0 Å². The molecular weight excluding hydrogens is 294 g/mol. The number of ketones is 1. The Hall–Kier alpha value is -1.06. The third-order valence-electron chi connectivity index (χ3n) is 3.36. The number of carbonyl (C=O) groups is 2. The first-order valence-corrected chi connectivity index (χ1v) is 7.39. The van der Waals surface area contributed by atoms with Gasteiger partial charge in [0.15, 0.2) is 6.29 Å². The average Bonchev–Trinajstić information content (AvgIpc) is 2.42. The first-order chi connectivity index (χ1) is 10.3. The largest absolute Gasteiger partial charge is 0.395 e. The van der Waals surface area contributed by atoms with Crippen molar-refractivity contribution in [3.63, 3.8) is 0 Å². The topological polar surface area (TPSA) is 125 Å². The van der Waals surface area contributed by atoms with Gasteiger partial charge in [-0.25, -0.2) is 0 Å². The maximum absolute atomic E-state index is 11.7. The lowest BCUT2D eigenvalue weighted by Crippen LogP contribution is -2.48. The fourth-order valence-corrected chi connectivity index (χ4v) is 2.17. The van der Waals surface area contributed by atoms with Crippen molar-refractivity contribution in [1.29, 1.82) is 0 Å². The molecule has 0 saturated carbocycles. The monoisotopic (exact) mass is 319 g/mol. The van der Waals surface area contributed by atoms with Gasteiger partial charge in [-0.3, -0.25) is 9.59 Å². The lowest BCUT2D eigenvalue weighted by atomic mass is 10.0. The smallest absolute Gasteiger partial charge is 0.227 e. The first-order valence-electron chi connectivity index (χ1n) is 7.39. The van der Waals surface area contributed by atoms with Gasteiger partial charge in [-0.1, -0.05) is 0 Å². The van der Waals surface area contributed by atoms with E-state index in [2.05, 4.69) is 5.32 Å². The molecule has 1 aliphatic heterocycles. The van der Waals surface area contributed by atoms with Crippen LogP contribution in [0.2, 0.25) is 0 Å². The Balaban J connectivity index is 2.34. The summed E-state index contributed by atoms with van der Waals surface area (Å²) < 4.78 is 10.8. The van der Waals surface area contributed by atoms with Crippen molar-refractivity contribution in [2.75, 3.05) is 13.2 Å². The third-order valence-corrected chi connectivity index (χ3v) is 3.36. The summed E-state index contributed by atoms with van der Waals surface area (Å²) in [5, 5.41) is 30.3. The van der Waals surface area contributed by atoms with Gasteiger partial charge in [-0.05, 0) is 13.8 Å². The number of aliphatic hydroxyl groups is 3. The van der Waals surface area contributed by atoms with Crippen molar-refractivity contribution < 1.29 is 34.4 Å². The number of ether oxygens (including phenoxy) is 2. The lowest BCUT2D eigenvalue weighted by Gasteiger charge is -2.36. The van der Waals surface area contributed by atoms with Gasteiger partial charge in [0.05, 0.1) is 31.3 Å². The average molecular weight is 319 g/mol. The molecule has 0 bridgehead atoms. The summed E-state index contributed by atoms with van der Waals surface area (Å²) in [4.78, 5) is 23.1. The maximum atomic E-state index is 11.7. The summed E-state index contributed by atoms with van der Waals surface area (Å²) in [6, 6.07) is 0. The number of amides is 1. The van der Waals surface area contributed by atoms with E-state index in [4.69, 9.17) is 14.6 Å². The summed E-state index contributed by atoms with van der Waals surface area (Å²) in [7, 11) is 0. The van der Waals surface area contributed by atoms with Gasteiger partial charge in [-0.15, -0.1) is 0 Å². The molecule has 0 aromatic rings. The molecule has 1 fully saturated rings. The molecule has 5 atom stereocenters. The molecule has 128 valence electrons. The molecule has 1 saturated heterocycles. The third kappa shape index (κ3) is 6.37. The predicted octanol–water partition coefficient (Wildman–Crippen LogP) is -1.29. The lowest BCUT2D eigenvalue weighted by molar-refractivity contribution is -0.272. The van der Waals surface area contributed by atoms with Crippen LogP contribution < -0.4 is 5.32 Å². The van der Waals surface area contributed by atoms with Crippen LogP contribution in [0.4, 0.5) is 0 Å². The molecule has 0 radical (unpaired) electrons. The minimum Gasteiger partial charge on any atom is -0.395 e. The van der Waals surface area contributed by atoms with E-state index in [0.29, 0.717) is 0 Å². The summed E-state index contributed by atoms with van der Waals surface area (Å²) in [6.07, 6.45) is -3.72. The number of aliphatic hydroxyl groups excluding tert-OH is 3. The second-order valence-electron chi connectivity index (χ2n) is 5.52. The Bertz CT molecular complexity index is 376. The Morgan fingerprint density at radius 2 is 2.05 bits per heavy atom. The number of carbonyl (C=O) groups excluding carboxylic acids is 2. The molecule has 0 aliphatic carbocycles. The summed E-state index contributed by atoms with van der Waals surface area (Å²) in [6.45, 7) is 3.25. The van der Waals surface area contributed by atoms with Crippen molar-refractivity contribution in [3.05, 3.63) is 0 Å². The van der Waals surface area contributed by atoms with Gasteiger partial charge in [0.25, 0.3) is 0 Å². The number of nitrogens with one attached hydrogen (secondary N) is 1. The van der Waals surface area contributed by atoms with Crippen LogP contribution >= 0.6 is 0 Å². The van der Waals surface area contributed by atoms with E-state index in [9.17, 15) is 19.8 Å². The molecule has 1 rings (SSSR count). The highest BCUT2D eigenvalue weighted by molar-refractivity contribution is 5.98. The molecule has 4 N–H and O–H groups in total. The van der Waals surface area contributed by atoms with Crippen LogP contribution in [-0.4, -0.2) is 70.9 Å². The van der Waals surface area contributed by atoms with Crippen LogP contribution in [0.1, 0.15) is 33.1 Å². The van der Waals surface area contributed by atoms with E-state index in [1.165, 1.54) is 0 Å². The van der Waals surface area contributed by atoms with Gasteiger partial charge >= 0.3 is 0 Å². The molecule has 0 spiro atoms. The predicted molar refractivity (Wildman–Crippen MR) is 75.8 cm³/mol. The van der Waals surface area contributed by atoms with Crippen LogP contribution in [0.25, 0.3) is 0 Å². The highest BCUT2D eigenvalue weighted by Crippen LogP contribution is 2.22. The quantitative estimate of drug-likeness (QED) is 0.410. The second kappa shape index (κ2) is 9.16. The van der Waals surface area contributed by atoms with Gasteiger partial charge in [-0.2, -0.15) is 0 Å². The fraction of sp³-hybridized carbons (Fsp3) is 0.857. The minimum absolute atomic E-state index is 0.00998. The summed E-state index contributed by atoms with van der Waals surface area (Å²) in [5.74, 6) is -0.752.